The first-order valence-corrected chi connectivity index (χ1v) is 9.24. The van der Waals surface area contributed by atoms with Crippen molar-refractivity contribution in [3.05, 3.63) is 64.5 Å². The molecule has 0 bridgehead atoms. The van der Waals surface area contributed by atoms with Crippen molar-refractivity contribution >= 4 is 10.0 Å². The fourth-order valence-electron chi connectivity index (χ4n) is 2.53. The van der Waals surface area contributed by atoms with Crippen molar-refractivity contribution in [2.24, 2.45) is 5.14 Å². The summed E-state index contributed by atoms with van der Waals surface area (Å²) >= 11 is 0. The number of primary sulfonamides is 1. The number of rotatable bonds is 3. The van der Waals surface area contributed by atoms with E-state index < -0.39 is 21.5 Å². The summed E-state index contributed by atoms with van der Waals surface area (Å²) in [6.07, 6.45) is 2.29. The predicted molar refractivity (Wildman–Crippen MR) is 93.5 cm³/mol. The number of halogens is 2. The molecular weight excluding hydrogens is 362 g/mol. The Balaban J connectivity index is 2.47. The van der Waals surface area contributed by atoms with Crippen molar-refractivity contribution in [1.29, 1.82) is 5.26 Å². The van der Waals surface area contributed by atoms with Gasteiger partial charge in [-0.05, 0) is 49.6 Å². The van der Waals surface area contributed by atoms with Crippen molar-refractivity contribution in [3.63, 3.8) is 0 Å². The average molecular weight is 380 g/mol. The molecule has 26 heavy (non-hydrogen) atoms. The number of hydrogen-bond acceptors (Lipinski definition) is 4. The van der Waals surface area contributed by atoms with Crippen molar-refractivity contribution in [2.75, 3.05) is 0 Å². The maximum absolute atomic E-state index is 14.7. The molecule has 5 nitrogen and oxygen atoms in total. The van der Waals surface area contributed by atoms with Gasteiger partial charge in [0, 0.05) is 12.5 Å². The highest BCUT2D eigenvalue weighted by molar-refractivity contribution is 7.93. The minimum atomic E-state index is -4.00. The van der Waals surface area contributed by atoms with Crippen LogP contribution in [0.2, 0.25) is 0 Å². The molecule has 138 valence electrons. The van der Waals surface area contributed by atoms with Crippen molar-refractivity contribution in [3.8, 4) is 11.8 Å². The third kappa shape index (κ3) is 5.25. The molecule has 0 aromatic heterocycles. The highest BCUT2D eigenvalue weighted by Crippen LogP contribution is 2.33. The molecule has 8 heteroatoms. The van der Waals surface area contributed by atoms with Gasteiger partial charge in [0.25, 0.3) is 0 Å². The van der Waals surface area contributed by atoms with Crippen LogP contribution in [0.5, 0.6) is 5.75 Å². The van der Waals surface area contributed by atoms with Gasteiger partial charge in [-0.3, -0.25) is 0 Å². The Kier molecular flexibility index (Phi) is 5.64. The van der Waals surface area contributed by atoms with Gasteiger partial charge >= 0.3 is 0 Å². The van der Waals surface area contributed by atoms with Gasteiger partial charge in [0.1, 0.15) is 23.0 Å². The zero-order valence-electron chi connectivity index (χ0n) is 14.1. The fourth-order valence-corrected chi connectivity index (χ4v) is 3.17. The first-order valence-electron chi connectivity index (χ1n) is 7.69. The van der Waals surface area contributed by atoms with Crippen LogP contribution in [0.15, 0.2) is 53.2 Å². The minimum Gasteiger partial charge on any atom is -0.457 e. The second-order valence-corrected chi connectivity index (χ2v) is 7.91. The van der Waals surface area contributed by atoms with Gasteiger partial charge in [-0.15, -0.1) is 0 Å². The molecule has 0 amide bonds. The van der Waals surface area contributed by atoms with E-state index in [4.69, 9.17) is 15.1 Å². The largest absolute Gasteiger partial charge is 0.457 e. The topological polar surface area (TPSA) is 93.2 Å². The van der Waals surface area contributed by atoms with Gasteiger partial charge in [0.2, 0.25) is 10.0 Å². The number of alkyl halides is 1. The standard InChI is InChI=1S/C18H18F2N2O3S/c1-12-10-18(2,20)6-5-16(26(22,23)24)3-4-17(12)25-15-8-13(11-21)7-14(19)9-15/h3-4,7-9H,1,5-6,10H2,2H3,(H2,22,23,24)/b16-3+,17-4+. The maximum atomic E-state index is 14.7. The number of ether oxygens (including phenoxy) is 1. The van der Waals surface area contributed by atoms with E-state index in [2.05, 4.69) is 6.58 Å². The Morgan fingerprint density at radius 3 is 2.65 bits per heavy atom. The highest BCUT2D eigenvalue weighted by atomic mass is 32.2. The molecule has 1 unspecified atom stereocenters. The van der Waals surface area contributed by atoms with Crippen LogP contribution in [0.3, 0.4) is 0 Å². The average Bonchev–Trinajstić information content (AvgIpc) is 2.55. The second-order valence-electron chi connectivity index (χ2n) is 6.29. The summed E-state index contributed by atoms with van der Waals surface area (Å²) in [5, 5.41) is 14.1. The number of nitriles is 1. The summed E-state index contributed by atoms with van der Waals surface area (Å²) in [5.74, 6) is -0.602. The lowest BCUT2D eigenvalue weighted by Crippen LogP contribution is -2.21. The molecular formula is C18H18F2N2O3S. The Hall–Kier alpha value is -2.50. The molecule has 0 aliphatic heterocycles. The first kappa shape index (κ1) is 19.8. The molecule has 1 aliphatic rings. The molecule has 0 spiro atoms. The van der Waals surface area contributed by atoms with E-state index in [0.717, 1.165) is 12.1 Å². The number of sulfonamides is 1. The van der Waals surface area contributed by atoms with E-state index in [1.165, 1.54) is 25.1 Å². The normalized spacial score (nSPS) is 25.6. The van der Waals surface area contributed by atoms with Crippen LogP contribution in [0, 0.1) is 17.1 Å². The number of nitrogens with zero attached hydrogens (tertiary/aromatic N) is 1. The molecule has 1 aromatic carbocycles. The maximum Gasteiger partial charge on any atom is 0.234 e. The van der Waals surface area contributed by atoms with Gasteiger partial charge in [-0.25, -0.2) is 22.3 Å². The van der Waals surface area contributed by atoms with Gasteiger partial charge < -0.3 is 4.74 Å². The Labute approximate surface area is 151 Å². The van der Waals surface area contributed by atoms with E-state index in [-0.39, 0.29) is 46.8 Å². The summed E-state index contributed by atoms with van der Waals surface area (Å²) in [5.41, 5.74) is -1.41. The smallest absolute Gasteiger partial charge is 0.234 e. The van der Waals surface area contributed by atoms with E-state index in [1.54, 1.807) is 6.07 Å². The van der Waals surface area contributed by atoms with E-state index in [1.807, 2.05) is 0 Å². The summed E-state index contributed by atoms with van der Waals surface area (Å²) < 4.78 is 57.1. The van der Waals surface area contributed by atoms with E-state index in [0.29, 0.717) is 0 Å². The molecule has 0 heterocycles. The summed E-state index contributed by atoms with van der Waals surface area (Å²) in [6, 6.07) is 5.20. The van der Waals surface area contributed by atoms with Crippen molar-refractivity contribution < 1.29 is 21.9 Å². The van der Waals surface area contributed by atoms with Crippen molar-refractivity contribution in [1.82, 2.24) is 0 Å². The second kappa shape index (κ2) is 7.40. The fraction of sp³-hybridized carbons (Fsp3) is 0.278. The van der Waals surface area contributed by atoms with Gasteiger partial charge in [-0.2, -0.15) is 5.26 Å². The Bertz CT molecular complexity index is 942. The molecule has 1 aromatic rings. The lowest BCUT2D eigenvalue weighted by Gasteiger charge is -2.22. The lowest BCUT2D eigenvalue weighted by atomic mass is 9.94. The quantitative estimate of drug-likeness (QED) is 0.867. The highest BCUT2D eigenvalue weighted by Gasteiger charge is 2.29. The van der Waals surface area contributed by atoms with E-state index >= 15 is 0 Å². The van der Waals surface area contributed by atoms with Crippen LogP contribution in [-0.2, 0) is 10.0 Å². The molecule has 0 fully saturated rings. The third-order valence-corrected chi connectivity index (χ3v) is 4.91. The molecule has 1 aliphatic carbocycles. The summed E-state index contributed by atoms with van der Waals surface area (Å²) in [6.45, 7) is 5.11. The van der Waals surface area contributed by atoms with Crippen LogP contribution < -0.4 is 9.88 Å². The number of nitrogens with two attached hydrogens (primary N) is 1. The van der Waals surface area contributed by atoms with E-state index in [9.17, 15) is 17.2 Å². The Morgan fingerprint density at radius 1 is 1.35 bits per heavy atom. The van der Waals surface area contributed by atoms with Gasteiger partial charge in [-0.1, -0.05) is 6.58 Å². The van der Waals surface area contributed by atoms with Gasteiger partial charge in [0.15, 0.2) is 0 Å². The van der Waals surface area contributed by atoms with Crippen LogP contribution >= 0.6 is 0 Å². The molecule has 0 saturated heterocycles. The van der Waals surface area contributed by atoms with Crippen molar-refractivity contribution in [2.45, 2.75) is 31.9 Å². The number of allylic oxidation sites excluding steroid dienone is 4. The molecule has 0 saturated carbocycles. The molecule has 2 N–H and O–H groups in total. The van der Waals surface area contributed by atoms with Crippen LogP contribution in [-0.4, -0.2) is 14.1 Å². The first-order chi connectivity index (χ1) is 12.0. The SMILES string of the molecule is C=C1CC(C)(F)CC/C(S(N)(=O)=O)=C\C=C/1Oc1cc(F)cc(C#N)c1. The Morgan fingerprint density at radius 2 is 2.04 bits per heavy atom. The molecule has 0 radical (unpaired) electrons. The monoisotopic (exact) mass is 380 g/mol. The van der Waals surface area contributed by atoms with Crippen LogP contribution in [0.4, 0.5) is 8.78 Å². The minimum absolute atomic E-state index is 0.0133. The molecule has 2 rings (SSSR count). The number of hydrogen-bond donors (Lipinski definition) is 1. The van der Waals surface area contributed by atoms with Gasteiger partial charge in [0.05, 0.1) is 16.5 Å². The third-order valence-electron chi connectivity index (χ3n) is 3.84. The predicted octanol–water partition coefficient (Wildman–Crippen LogP) is 3.60. The summed E-state index contributed by atoms with van der Waals surface area (Å²) in [7, 11) is -4.00. The zero-order chi connectivity index (χ0) is 19.5. The van der Waals surface area contributed by atoms with Crippen LogP contribution in [0.1, 0.15) is 31.7 Å². The lowest BCUT2D eigenvalue weighted by molar-refractivity contribution is 0.174. The number of benzene rings is 1. The summed E-state index contributed by atoms with van der Waals surface area (Å²) in [4.78, 5) is -0.144. The zero-order valence-corrected chi connectivity index (χ0v) is 14.9. The van der Waals surface area contributed by atoms with Crippen LogP contribution in [0.25, 0.3) is 0 Å². The molecule has 1 atom stereocenters.